The zero-order valence-corrected chi connectivity index (χ0v) is 20.7. The maximum atomic E-state index is 12.8. The standard InChI is InChI=1S/C24H25F3N6O3S/c1-32-10-12-33(13-11-32)22-20-8-2-15-14-16(3-9-19(15)21(20)29-23(28)30-22)31-37(34,35)18-6-4-17(5-7-18)36-24(25,26)27/h3-7,9,14,31H,2,8,10-13H2,1H3,(H2,28,29,30). The maximum absolute atomic E-state index is 12.8. The monoisotopic (exact) mass is 534 g/mol. The first kappa shape index (κ1) is 25.1. The van der Waals surface area contributed by atoms with Crippen LogP contribution < -0.4 is 20.1 Å². The van der Waals surface area contributed by atoms with E-state index in [-0.39, 0.29) is 10.8 Å². The van der Waals surface area contributed by atoms with Gasteiger partial charge in [-0.2, -0.15) is 4.98 Å². The van der Waals surface area contributed by atoms with Gasteiger partial charge in [-0.15, -0.1) is 13.2 Å². The van der Waals surface area contributed by atoms with Gasteiger partial charge in [0, 0.05) is 43.0 Å². The Balaban J connectivity index is 1.39. The van der Waals surface area contributed by atoms with Crippen molar-refractivity contribution in [1.82, 2.24) is 14.9 Å². The van der Waals surface area contributed by atoms with Crippen molar-refractivity contribution in [3.05, 3.63) is 53.6 Å². The fourth-order valence-corrected chi connectivity index (χ4v) is 5.66. The minimum Gasteiger partial charge on any atom is -0.406 e. The fourth-order valence-electron chi connectivity index (χ4n) is 4.61. The fraction of sp³-hybridized carbons (Fsp3) is 0.333. The van der Waals surface area contributed by atoms with E-state index in [1.165, 1.54) is 0 Å². The molecule has 0 bridgehead atoms. The van der Waals surface area contributed by atoms with Gasteiger partial charge in [-0.3, -0.25) is 4.72 Å². The van der Waals surface area contributed by atoms with Crippen LogP contribution in [0.3, 0.4) is 0 Å². The normalized spacial score (nSPS) is 16.2. The van der Waals surface area contributed by atoms with Crippen molar-refractivity contribution in [2.45, 2.75) is 24.1 Å². The molecule has 0 radical (unpaired) electrons. The number of nitrogen functional groups attached to an aromatic ring is 1. The number of nitrogens with two attached hydrogens (primary N) is 1. The van der Waals surface area contributed by atoms with Crippen LogP contribution in [0.5, 0.6) is 5.75 Å². The second kappa shape index (κ2) is 9.38. The lowest BCUT2D eigenvalue weighted by Crippen LogP contribution is -2.45. The first-order valence-corrected chi connectivity index (χ1v) is 13.1. The van der Waals surface area contributed by atoms with E-state index in [9.17, 15) is 21.6 Å². The molecule has 13 heteroatoms. The summed E-state index contributed by atoms with van der Waals surface area (Å²) in [6, 6.07) is 9.17. The molecule has 0 saturated carbocycles. The topological polar surface area (TPSA) is 114 Å². The van der Waals surface area contributed by atoms with Crippen molar-refractivity contribution in [2.24, 2.45) is 0 Å². The van der Waals surface area contributed by atoms with Gasteiger partial charge < -0.3 is 20.3 Å². The van der Waals surface area contributed by atoms with Crippen LogP contribution in [0.1, 0.15) is 11.1 Å². The van der Waals surface area contributed by atoms with E-state index in [0.29, 0.717) is 18.5 Å². The summed E-state index contributed by atoms with van der Waals surface area (Å²) in [6.07, 6.45) is -3.52. The van der Waals surface area contributed by atoms with Gasteiger partial charge in [0.2, 0.25) is 5.95 Å². The number of aromatic nitrogens is 2. The second-order valence-electron chi connectivity index (χ2n) is 9.02. The molecule has 1 saturated heterocycles. The first-order chi connectivity index (χ1) is 17.5. The summed E-state index contributed by atoms with van der Waals surface area (Å²) in [7, 11) is -1.95. The van der Waals surface area contributed by atoms with Gasteiger partial charge in [0.25, 0.3) is 10.0 Å². The minimum absolute atomic E-state index is 0.184. The summed E-state index contributed by atoms with van der Waals surface area (Å²) >= 11 is 0. The van der Waals surface area contributed by atoms with Gasteiger partial charge in [0.15, 0.2) is 0 Å². The van der Waals surface area contributed by atoms with Crippen molar-refractivity contribution in [2.75, 3.05) is 48.6 Å². The summed E-state index contributed by atoms with van der Waals surface area (Å²) in [5.41, 5.74) is 9.95. The Morgan fingerprint density at radius 3 is 2.38 bits per heavy atom. The number of anilines is 3. The molecule has 2 heterocycles. The molecule has 1 aliphatic carbocycles. The Hall–Kier alpha value is -3.58. The summed E-state index contributed by atoms with van der Waals surface area (Å²) < 4.78 is 69.1. The molecular formula is C24H25F3N6O3S. The summed E-state index contributed by atoms with van der Waals surface area (Å²) in [5, 5.41) is 0. The highest BCUT2D eigenvalue weighted by molar-refractivity contribution is 7.92. The number of ether oxygens (including phenoxy) is 1. The number of hydrogen-bond donors (Lipinski definition) is 2. The van der Waals surface area contributed by atoms with Crippen molar-refractivity contribution >= 4 is 27.5 Å². The Bertz CT molecular complexity index is 1420. The lowest BCUT2D eigenvalue weighted by molar-refractivity contribution is -0.274. The lowest BCUT2D eigenvalue weighted by Gasteiger charge is -2.35. The highest BCUT2D eigenvalue weighted by Gasteiger charge is 2.31. The van der Waals surface area contributed by atoms with Gasteiger partial charge in [-0.1, -0.05) is 6.07 Å². The van der Waals surface area contributed by atoms with Gasteiger partial charge in [0.1, 0.15) is 11.6 Å². The lowest BCUT2D eigenvalue weighted by atomic mass is 9.88. The van der Waals surface area contributed by atoms with Gasteiger partial charge in [0.05, 0.1) is 10.6 Å². The molecule has 2 aliphatic rings. The van der Waals surface area contributed by atoms with Crippen LogP contribution in [0, 0.1) is 0 Å². The van der Waals surface area contributed by atoms with E-state index in [0.717, 1.165) is 78.6 Å². The largest absolute Gasteiger partial charge is 0.573 e. The third-order valence-electron chi connectivity index (χ3n) is 6.43. The highest BCUT2D eigenvalue weighted by atomic mass is 32.2. The van der Waals surface area contributed by atoms with E-state index in [4.69, 9.17) is 5.73 Å². The van der Waals surface area contributed by atoms with Crippen LogP contribution in [0.2, 0.25) is 0 Å². The first-order valence-electron chi connectivity index (χ1n) is 11.6. The Labute approximate surface area is 212 Å². The molecule has 1 aromatic heterocycles. The molecule has 0 unspecified atom stereocenters. The van der Waals surface area contributed by atoms with Crippen molar-refractivity contribution in [1.29, 1.82) is 0 Å². The van der Waals surface area contributed by atoms with E-state index in [1.54, 1.807) is 18.2 Å². The zero-order valence-electron chi connectivity index (χ0n) is 19.9. The number of aryl methyl sites for hydroxylation is 1. The second-order valence-corrected chi connectivity index (χ2v) is 10.7. The summed E-state index contributed by atoms with van der Waals surface area (Å²) in [5.74, 6) is 0.531. The molecule has 1 fully saturated rings. The summed E-state index contributed by atoms with van der Waals surface area (Å²) in [4.78, 5) is 13.4. The molecule has 0 amide bonds. The molecule has 5 rings (SSSR count). The van der Waals surface area contributed by atoms with Crippen LogP contribution in [-0.4, -0.2) is 62.9 Å². The minimum atomic E-state index is -4.86. The van der Waals surface area contributed by atoms with Crippen LogP contribution in [-0.2, 0) is 22.9 Å². The Morgan fingerprint density at radius 2 is 1.70 bits per heavy atom. The number of fused-ring (bicyclic) bond motifs is 3. The van der Waals surface area contributed by atoms with Crippen molar-refractivity contribution in [3.63, 3.8) is 0 Å². The highest BCUT2D eigenvalue weighted by Crippen LogP contribution is 2.38. The van der Waals surface area contributed by atoms with E-state index in [1.807, 2.05) is 0 Å². The Kier molecular flexibility index (Phi) is 6.36. The molecule has 3 aromatic rings. The molecule has 1 aliphatic heterocycles. The predicted molar refractivity (Wildman–Crippen MR) is 133 cm³/mol. The van der Waals surface area contributed by atoms with Crippen LogP contribution in [0.15, 0.2) is 47.4 Å². The number of alkyl halides is 3. The van der Waals surface area contributed by atoms with E-state index < -0.39 is 22.1 Å². The SMILES string of the molecule is CN1CCN(c2nc(N)nc3c2CCc2cc(NS(=O)(=O)c4ccc(OC(F)(F)F)cc4)ccc2-3)CC1. The quantitative estimate of drug-likeness (QED) is 0.513. The molecule has 3 N–H and O–H groups in total. The average molecular weight is 535 g/mol. The molecule has 0 spiro atoms. The third-order valence-corrected chi connectivity index (χ3v) is 7.83. The number of rotatable bonds is 5. The number of nitrogens with zero attached hydrogens (tertiary/aromatic N) is 4. The number of benzene rings is 2. The third kappa shape index (κ3) is 5.42. The van der Waals surface area contributed by atoms with Gasteiger partial charge in [-0.25, -0.2) is 13.4 Å². The summed E-state index contributed by atoms with van der Waals surface area (Å²) in [6.45, 7) is 3.54. The van der Waals surface area contributed by atoms with E-state index >= 15 is 0 Å². The molecule has 2 aromatic carbocycles. The average Bonchev–Trinajstić information content (AvgIpc) is 2.83. The molecule has 37 heavy (non-hydrogen) atoms. The predicted octanol–water partition coefficient (Wildman–Crippen LogP) is 3.28. The zero-order chi connectivity index (χ0) is 26.4. The Morgan fingerprint density at radius 1 is 1.00 bits per heavy atom. The van der Waals surface area contributed by atoms with Crippen LogP contribution >= 0.6 is 0 Å². The van der Waals surface area contributed by atoms with Crippen molar-refractivity contribution < 1.29 is 26.3 Å². The maximum Gasteiger partial charge on any atom is 0.573 e. The number of likely N-dealkylation sites (N-methyl/N-ethyl adjacent to an activating group) is 1. The number of nitrogens with one attached hydrogen (secondary N) is 1. The number of sulfonamides is 1. The number of hydrogen-bond acceptors (Lipinski definition) is 8. The van der Waals surface area contributed by atoms with E-state index in [2.05, 4.69) is 36.3 Å². The van der Waals surface area contributed by atoms with Crippen molar-refractivity contribution in [3.8, 4) is 17.0 Å². The van der Waals surface area contributed by atoms with Gasteiger partial charge >= 0.3 is 6.36 Å². The number of piperazine rings is 1. The molecule has 196 valence electrons. The van der Waals surface area contributed by atoms with Crippen LogP contribution in [0.4, 0.5) is 30.6 Å². The molecule has 9 nitrogen and oxygen atoms in total. The van der Waals surface area contributed by atoms with Gasteiger partial charge in [-0.05, 0) is 61.9 Å². The number of halogens is 3. The van der Waals surface area contributed by atoms with Crippen LogP contribution in [0.25, 0.3) is 11.3 Å². The molecule has 0 atom stereocenters. The smallest absolute Gasteiger partial charge is 0.406 e. The molecular weight excluding hydrogens is 509 g/mol.